The molecular weight excluding hydrogens is 908 g/mol. The van der Waals surface area contributed by atoms with Crippen LogP contribution in [0.2, 0.25) is 0 Å². The van der Waals surface area contributed by atoms with Crippen molar-refractivity contribution in [2.45, 2.75) is 81.8 Å². The number of rotatable bonds is 11. The highest BCUT2D eigenvalue weighted by molar-refractivity contribution is 6.23. The molecule has 2 atom stereocenters. The molecule has 0 bridgehead atoms. The van der Waals surface area contributed by atoms with Gasteiger partial charge in [0.1, 0.15) is 23.3 Å². The van der Waals surface area contributed by atoms with Crippen LogP contribution in [0.1, 0.15) is 88.9 Å². The van der Waals surface area contributed by atoms with Gasteiger partial charge >= 0.3 is 5.92 Å². The second-order valence-electron chi connectivity index (χ2n) is 18.0. The molecule has 1 unspecified atom stereocenters. The van der Waals surface area contributed by atoms with E-state index in [4.69, 9.17) is 4.74 Å². The number of methoxy groups -OCH3 is 1. The van der Waals surface area contributed by atoms with Crippen molar-refractivity contribution in [3.63, 3.8) is 0 Å². The van der Waals surface area contributed by atoms with Gasteiger partial charge in [0.15, 0.2) is 5.82 Å². The molecule has 69 heavy (non-hydrogen) atoms. The van der Waals surface area contributed by atoms with Gasteiger partial charge in [0.2, 0.25) is 29.6 Å². The molecule has 1 aromatic heterocycles. The molecule has 0 spiro atoms. The molecule has 20 nitrogen and oxygen atoms in total. The summed E-state index contributed by atoms with van der Waals surface area (Å²) in [5.74, 6) is -9.42. The van der Waals surface area contributed by atoms with Gasteiger partial charge in [-0.2, -0.15) is 13.8 Å². The van der Waals surface area contributed by atoms with Gasteiger partial charge in [-0.3, -0.25) is 48.6 Å². The third kappa shape index (κ3) is 9.08. The molecule has 9 rings (SSSR count). The average Bonchev–Trinajstić information content (AvgIpc) is 4.09. The summed E-state index contributed by atoms with van der Waals surface area (Å²) in [6.45, 7) is 1.15. The highest BCUT2D eigenvalue weighted by Gasteiger charge is 2.49. The topological polar surface area (TPSA) is 227 Å². The predicted molar refractivity (Wildman–Crippen MR) is 240 cm³/mol. The van der Waals surface area contributed by atoms with E-state index in [1.807, 2.05) is 4.90 Å². The van der Waals surface area contributed by atoms with E-state index in [2.05, 4.69) is 25.9 Å². The van der Waals surface area contributed by atoms with Crippen molar-refractivity contribution in [3.05, 3.63) is 59.0 Å². The number of hydrogen-bond acceptors (Lipinski definition) is 14. The third-order valence-electron chi connectivity index (χ3n) is 13.8. The normalized spacial score (nSPS) is 21.6. The van der Waals surface area contributed by atoms with Crippen LogP contribution in [0.15, 0.2) is 36.5 Å². The SMILES string of the molecule is COc1cc(C(=O)N[C@H]2CCN(C(=O)CCC(=O)N3CCN(c4ccc5c(c4)C(=O)N(C4CCC(=O)NC4=O)C5=O)CC3)C2)c(F)cc1Nc1ncc2c(n1)N(C1CCCC1)CC(F)(F)C(=O)N2C. The number of carbonyl (C=O) groups is 8. The van der Waals surface area contributed by atoms with Crippen molar-refractivity contribution in [1.82, 2.24) is 35.3 Å². The first-order valence-electron chi connectivity index (χ1n) is 22.9. The van der Waals surface area contributed by atoms with E-state index in [1.165, 1.54) is 31.3 Å². The maximum atomic E-state index is 15.7. The number of carbonyl (C=O) groups excluding carboxylic acids is 8. The van der Waals surface area contributed by atoms with Crippen LogP contribution in [0, 0.1) is 5.82 Å². The molecule has 6 heterocycles. The molecule has 0 radical (unpaired) electrons. The molecule has 1 aliphatic carbocycles. The van der Waals surface area contributed by atoms with E-state index >= 15 is 13.2 Å². The Balaban J connectivity index is 0.757. The van der Waals surface area contributed by atoms with Gasteiger partial charge in [0.25, 0.3) is 23.6 Å². The van der Waals surface area contributed by atoms with E-state index in [0.717, 1.165) is 28.7 Å². The fraction of sp³-hybridized carbons (Fsp3) is 0.478. The van der Waals surface area contributed by atoms with Gasteiger partial charge in [-0.25, -0.2) is 9.37 Å². The summed E-state index contributed by atoms with van der Waals surface area (Å²) in [5, 5.41) is 7.84. The third-order valence-corrected chi connectivity index (χ3v) is 13.8. The predicted octanol–water partition coefficient (Wildman–Crippen LogP) is 2.59. The van der Waals surface area contributed by atoms with Crippen LogP contribution >= 0.6 is 0 Å². The lowest BCUT2D eigenvalue weighted by atomic mass is 10.0. The van der Waals surface area contributed by atoms with E-state index in [1.54, 1.807) is 28.0 Å². The average molecular weight is 958 g/mol. The molecule has 364 valence electrons. The van der Waals surface area contributed by atoms with Crippen LogP contribution in [0.25, 0.3) is 0 Å². The minimum atomic E-state index is -3.67. The second kappa shape index (κ2) is 18.6. The van der Waals surface area contributed by atoms with E-state index in [0.29, 0.717) is 57.7 Å². The minimum absolute atomic E-state index is 0.0170. The maximum Gasteiger partial charge on any atom is 0.342 e. The molecule has 5 aliphatic heterocycles. The first kappa shape index (κ1) is 46.8. The van der Waals surface area contributed by atoms with Gasteiger partial charge in [-0.1, -0.05) is 12.8 Å². The maximum absolute atomic E-state index is 15.7. The molecule has 6 aliphatic rings. The van der Waals surface area contributed by atoms with Crippen molar-refractivity contribution in [3.8, 4) is 5.75 Å². The Bertz CT molecular complexity index is 2660. The molecule has 2 aromatic carbocycles. The number of amides is 8. The van der Waals surface area contributed by atoms with Crippen LogP contribution in [0.5, 0.6) is 5.75 Å². The molecular formula is C46H50F3N11O9. The van der Waals surface area contributed by atoms with Crippen molar-refractivity contribution >= 4 is 76.1 Å². The van der Waals surface area contributed by atoms with Gasteiger partial charge < -0.3 is 39.9 Å². The molecule has 3 saturated heterocycles. The van der Waals surface area contributed by atoms with Gasteiger partial charge in [0, 0.05) is 89.4 Å². The van der Waals surface area contributed by atoms with Crippen molar-refractivity contribution in [2.24, 2.45) is 0 Å². The van der Waals surface area contributed by atoms with Gasteiger partial charge in [-0.05, 0) is 49.9 Å². The molecule has 4 fully saturated rings. The zero-order valence-corrected chi connectivity index (χ0v) is 37.9. The second-order valence-corrected chi connectivity index (χ2v) is 18.0. The molecule has 8 amide bonds. The number of benzene rings is 2. The Morgan fingerprint density at radius 2 is 1.59 bits per heavy atom. The van der Waals surface area contributed by atoms with Crippen LogP contribution in [0.4, 0.5) is 42.0 Å². The summed E-state index contributed by atoms with van der Waals surface area (Å²) in [6.07, 6.45) is 4.61. The summed E-state index contributed by atoms with van der Waals surface area (Å²) < 4.78 is 51.3. The number of alkyl halides is 2. The first-order valence-corrected chi connectivity index (χ1v) is 22.9. The number of piperidine rings is 1. The van der Waals surface area contributed by atoms with E-state index in [-0.39, 0.29) is 95.7 Å². The number of ether oxygens (including phenoxy) is 1. The first-order chi connectivity index (χ1) is 33.0. The number of halogens is 3. The fourth-order valence-electron chi connectivity index (χ4n) is 9.99. The monoisotopic (exact) mass is 957 g/mol. The largest absolute Gasteiger partial charge is 0.495 e. The number of imide groups is 2. The highest BCUT2D eigenvalue weighted by atomic mass is 19.3. The van der Waals surface area contributed by atoms with Crippen molar-refractivity contribution < 1.29 is 56.3 Å². The van der Waals surface area contributed by atoms with Crippen molar-refractivity contribution in [1.29, 1.82) is 0 Å². The zero-order valence-electron chi connectivity index (χ0n) is 37.9. The number of aromatic nitrogens is 2. The minimum Gasteiger partial charge on any atom is -0.495 e. The Morgan fingerprint density at radius 1 is 0.884 bits per heavy atom. The zero-order chi connectivity index (χ0) is 48.9. The number of anilines is 5. The molecule has 1 saturated carbocycles. The lowest BCUT2D eigenvalue weighted by Crippen LogP contribution is -2.54. The number of hydrogen-bond donors (Lipinski definition) is 3. The lowest BCUT2D eigenvalue weighted by molar-refractivity contribution is -0.140. The number of fused-ring (bicyclic) bond motifs is 2. The number of nitrogens with zero attached hydrogens (tertiary/aromatic N) is 8. The Morgan fingerprint density at radius 3 is 2.30 bits per heavy atom. The summed E-state index contributed by atoms with van der Waals surface area (Å²) in [7, 11) is 2.56. The van der Waals surface area contributed by atoms with E-state index in [9.17, 15) is 38.4 Å². The smallest absolute Gasteiger partial charge is 0.342 e. The molecule has 23 heteroatoms. The number of piperazine rings is 1. The van der Waals surface area contributed by atoms with Crippen LogP contribution in [-0.4, -0.2) is 156 Å². The van der Waals surface area contributed by atoms with E-state index < -0.39 is 65.8 Å². The van der Waals surface area contributed by atoms with Crippen molar-refractivity contribution in [2.75, 3.05) is 80.0 Å². The molecule has 3 N–H and O–H groups in total. The summed E-state index contributed by atoms with van der Waals surface area (Å²) in [5.41, 5.74) is 0.822. The standard InChI is InChI=1S/C46H50F3N11O9/c1-55-34-22-50-45(54-39(34)59(26-5-3-4-6-26)24-46(48,49)44(55)68)52-32-21-31(47)30(20-35(32)69-2)40(64)51-25-13-14-58(23-25)38(63)12-11-37(62)57-17-15-56(16-18-57)27-7-8-28-29(19-27)43(67)60(42(28)66)33-9-10-36(61)53-41(33)65/h7-8,19-22,25-26,33H,3-6,9-18,23-24H2,1-2H3,(H,51,64)(H,50,52,54)(H,53,61,65)/t25-,33?/m0/s1. The van der Waals surface area contributed by atoms with Crippen LogP contribution in [-0.2, 0) is 24.0 Å². The Kier molecular flexibility index (Phi) is 12.6. The lowest BCUT2D eigenvalue weighted by Gasteiger charge is -2.36. The van der Waals surface area contributed by atoms with Gasteiger partial charge in [-0.15, -0.1) is 0 Å². The number of likely N-dealkylation sites (tertiary alicyclic amines) is 1. The quantitative estimate of drug-likeness (QED) is 0.235. The summed E-state index contributed by atoms with van der Waals surface area (Å²) >= 11 is 0. The Hall–Kier alpha value is -7.33. The van der Waals surface area contributed by atoms with Crippen LogP contribution < -0.4 is 35.4 Å². The highest BCUT2D eigenvalue weighted by Crippen LogP contribution is 2.40. The summed E-state index contributed by atoms with van der Waals surface area (Å²) in [4.78, 5) is 120. The number of nitrogens with one attached hydrogen (secondary N) is 3. The van der Waals surface area contributed by atoms with Gasteiger partial charge in [0.05, 0.1) is 42.2 Å². The fourth-order valence-corrected chi connectivity index (χ4v) is 9.99. The summed E-state index contributed by atoms with van der Waals surface area (Å²) in [6, 6.07) is 5.24. The molecule has 3 aromatic rings. The Labute approximate surface area is 393 Å². The van der Waals surface area contributed by atoms with Crippen LogP contribution in [0.3, 0.4) is 0 Å².